The van der Waals surface area contributed by atoms with Crippen molar-refractivity contribution in [1.82, 2.24) is 0 Å². The first-order valence-electron chi connectivity index (χ1n) is 9.49. The van der Waals surface area contributed by atoms with Gasteiger partial charge in [0.1, 0.15) is 0 Å². The number of para-hydroxylation sites is 1. The molecular formula is C22H24N2O4. The van der Waals surface area contributed by atoms with Crippen molar-refractivity contribution >= 4 is 29.2 Å². The second-order valence-electron chi connectivity index (χ2n) is 6.91. The molecule has 2 aromatic rings. The van der Waals surface area contributed by atoms with E-state index in [9.17, 15) is 14.4 Å². The van der Waals surface area contributed by atoms with Crippen molar-refractivity contribution in [2.45, 2.75) is 33.1 Å². The molecule has 1 saturated heterocycles. The van der Waals surface area contributed by atoms with Crippen molar-refractivity contribution in [2.75, 3.05) is 16.8 Å². The van der Waals surface area contributed by atoms with Crippen LogP contribution in [0.4, 0.5) is 11.4 Å². The third-order valence-corrected chi connectivity index (χ3v) is 5.13. The molecule has 0 radical (unpaired) electrons. The molecule has 2 amide bonds. The first kappa shape index (κ1) is 19.6. The van der Waals surface area contributed by atoms with Gasteiger partial charge in [0, 0.05) is 24.3 Å². The van der Waals surface area contributed by atoms with Crippen LogP contribution in [0.3, 0.4) is 0 Å². The minimum atomic E-state index is -1.02. The average Bonchev–Trinajstić information content (AvgIpc) is 3.09. The molecule has 146 valence electrons. The molecule has 1 heterocycles. The van der Waals surface area contributed by atoms with Crippen molar-refractivity contribution in [1.29, 1.82) is 0 Å². The summed E-state index contributed by atoms with van der Waals surface area (Å²) in [5.41, 5.74) is 3.84. The van der Waals surface area contributed by atoms with Crippen molar-refractivity contribution in [3.05, 3.63) is 59.2 Å². The lowest BCUT2D eigenvalue weighted by molar-refractivity contribution is -0.122. The third-order valence-electron chi connectivity index (χ3n) is 5.13. The molecule has 1 fully saturated rings. The zero-order valence-electron chi connectivity index (χ0n) is 16.1. The van der Waals surface area contributed by atoms with Gasteiger partial charge in [0.05, 0.1) is 11.5 Å². The van der Waals surface area contributed by atoms with E-state index < -0.39 is 11.9 Å². The molecule has 1 aliphatic rings. The molecule has 0 unspecified atom stereocenters. The number of anilines is 2. The normalized spacial score (nSPS) is 16.3. The van der Waals surface area contributed by atoms with Crippen molar-refractivity contribution in [3.63, 3.8) is 0 Å². The quantitative estimate of drug-likeness (QED) is 0.803. The van der Waals surface area contributed by atoms with Gasteiger partial charge in [-0.1, -0.05) is 32.0 Å². The number of benzene rings is 2. The Hall–Kier alpha value is -3.15. The van der Waals surface area contributed by atoms with E-state index in [0.717, 1.165) is 29.7 Å². The van der Waals surface area contributed by atoms with E-state index in [1.807, 2.05) is 18.2 Å². The van der Waals surface area contributed by atoms with Gasteiger partial charge < -0.3 is 15.3 Å². The van der Waals surface area contributed by atoms with Crippen LogP contribution in [0.1, 0.15) is 41.8 Å². The van der Waals surface area contributed by atoms with E-state index in [1.165, 1.54) is 12.1 Å². The fraction of sp³-hybridized carbons (Fsp3) is 0.318. The maximum absolute atomic E-state index is 12.7. The Labute approximate surface area is 164 Å². The van der Waals surface area contributed by atoms with Crippen LogP contribution in [-0.4, -0.2) is 29.4 Å². The predicted molar refractivity (Wildman–Crippen MR) is 108 cm³/mol. The number of hydrogen-bond donors (Lipinski definition) is 2. The van der Waals surface area contributed by atoms with Crippen molar-refractivity contribution in [3.8, 4) is 0 Å². The highest BCUT2D eigenvalue weighted by molar-refractivity contribution is 6.04. The topological polar surface area (TPSA) is 86.7 Å². The maximum Gasteiger partial charge on any atom is 0.335 e. The summed E-state index contributed by atoms with van der Waals surface area (Å²) < 4.78 is 0. The molecule has 6 nitrogen and oxygen atoms in total. The van der Waals surface area contributed by atoms with E-state index in [4.69, 9.17) is 5.11 Å². The van der Waals surface area contributed by atoms with Crippen LogP contribution in [0.2, 0.25) is 0 Å². The number of nitrogens with one attached hydrogen (secondary N) is 1. The Balaban J connectivity index is 1.76. The number of carboxylic acids is 1. The van der Waals surface area contributed by atoms with Gasteiger partial charge in [-0.05, 0) is 48.2 Å². The number of aryl methyl sites for hydroxylation is 2. The first-order chi connectivity index (χ1) is 13.4. The average molecular weight is 380 g/mol. The van der Waals surface area contributed by atoms with E-state index in [0.29, 0.717) is 12.2 Å². The van der Waals surface area contributed by atoms with E-state index in [2.05, 4.69) is 19.2 Å². The fourth-order valence-corrected chi connectivity index (χ4v) is 3.60. The number of carboxylic acid groups (broad SMARTS) is 1. The molecule has 2 N–H and O–H groups in total. The van der Waals surface area contributed by atoms with Crippen LogP contribution in [0, 0.1) is 5.92 Å². The lowest BCUT2D eigenvalue weighted by Gasteiger charge is -2.23. The van der Waals surface area contributed by atoms with Crippen LogP contribution in [0.15, 0.2) is 42.5 Å². The van der Waals surface area contributed by atoms with Crippen LogP contribution >= 0.6 is 0 Å². The van der Waals surface area contributed by atoms with Gasteiger partial charge in [-0.3, -0.25) is 9.59 Å². The Morgan fingerprint density at radius 2 is 1.68 bits per heavy atom. The van der Waals surface area contributed by atoms with Crippen molar-refractivity contribution < 1.29 is 19.5 Å². The Kier molecular flexibility index (Phi) is 5.78. The van der Waals surface area contributed by atoms with Crippen LogP contribution in [0.25, 0.3) is 0 Å². The van der Waals surface area contributed by atoms with Crippen LogP contribution < -0.4 is 10.2 Å². The second kappa shape index (κ2) is 8.25. The molecule has 6 heteroatoms. The van der Waals surface area contributed by atoms with E-state index >= 15 is 0 Å². The SMILES string of the molecule is CCc1cccc(CC)c1N1C[C@H](C(=O)Nc2ccc(C(=O)O)cc2)CC1=O. The summed E-state index contributed by atoms with van der Waals surface area (Å²) in [7, 11) is 0. The zero-order chi connectivity index (χ0) is 20.3. The molecular weight excluding hydrogens is 356 g/mol. The lowest BCUT2D eigenvalue weighted by atomic mass is 10.0. The van der Waals surface area contributed by atoms with Gasteiger partial charge in [-0.15, -0.1) is 0 Å². The fourth-order valence-electron chi connectivity index (χ4n) is 3.60. The summed E-state index contributed by atoms with van der Waals surface area (Å²) in [6.45, 7) is 4.47. The summed E-state index contributed by atoms with van der Waals surface area (Å²) in [5.74, 6) is -1.74. The smallest absolute Gasteiger partial charge is 0.335 e. The summed E-state index contributed by atoms with van der Waals surface area (Å²) in [6, 6.07) is 12.0. The number of aromatic carboxylic acids is 1. The molecule has 0 saturated carbocycles. The molecule has 0 spiro atoms. The minimum Gasteiger partial charge on any atom is -0.478 e. The Morgan fingerprint density at radius 3 is 2.21 bits per heavy atom. The number of carbonyl (C=O) groups excluding carboxylic acids is 2. The van der Waals surface area contributed by atoms with Gasteiger partial charge >= 0.3 is 5.97 Å². The van der Waals surface area contributed by atoms with Crippen molar-refractivity contribution in [2.24, 2.45) is 5.92 Å². The first-order valence-corrected chi connectivity index (χ1v) is 9.49. The maximum atomic E-state index is 12.7. The molecule has 1 aliphatic heterocycles. The minimum absolute atomic E-state index is 0.0445. The highest BCUT2D eigenvalue weighted by Gasteiger charge is 2.36. The third kappa shape index (κ3) is 3.91. The van der Waals surface area contributed by atoms with E-state index in [1.54, 1.807) is 17.0 Å². The van der Waals surface area contributed by atoms with Gasteiger partial charge in [0.15, 0.2) is 0 Å². The summed E-state index contributed by atoms with van der Waals surface area (Å²) in [4.78, 5) is 38.0. The summed E-state index contributed by atoms with van der Waals surface area (Å²) in [5, 5.41) is 11.7. The largest absolute Gasteiger partial charge is 0.478 e. The number of carbonyl (C=O) groups is 3. The second-order valence-corrected chi connectivity index (χ2v) is 6.91. The number of rotatable bonds is 6. The van der Waals surface area contributed by atoms with Crippen LogP contribution in [-0.2, 0) is 22.4 Å². The Bertz CT molecular complexity index is 883. The highest BCUT2D eigenvalue weighted by atomic mass is 16.4. The highest BCUT2D eigenvalue weighted by Crippen LogP contribution is 2.32. The molecule has 0 aromatic heterocycles. The lowest BCUT2D eigenvalue weighted by Crippen LogP contribution is -2.29. The van der Waals surface area contributed by atoms with Gasteiger partial charge in [0.2, 0.25) is 11.8 Å². The number of nitrogens with zero attached hydrogens (tertiary/aromatic N) is 1. The van der Waals surface area contributed by atoms with Crippen LogP contribution in [0.5, 0.6) is 0 Å². The summed E-state index contributed by atoms with van der Waals surface area (Å²) in [6.07, 6.45) is 1.81. The molecule has 1 atom stereocenters. The molecule has 2 aromatic carbocycles. The van der Waals surface area contributed by atoms with E-state index in [-0.39, 0.29) is 23.8 Å². The monoisotopic (exact) mass is 380 g/mol. The zero-order valence-corrected chi connectivity index (χ0v) is 16.1. The molecule has 3 rings (SSSR count). The molecule has 28 heavy (non-hydrogen) atoms. The standard InChI is InChI=1S/C22H24N2O4/c1-3-14-6-5-7-15(4-2)20(14)24-13-17(12-19(24)25)21(26)23-18-10-8-16(9-11-18)22(27)28/h5-11,17H,3-4,12-13H2,1-2H3,(H,23,26)(H,27,28)/t17-/m1/s1. The van der Waals surface area contributed by atoms with Gasteiger partial charge in [0.25, 0.3) is 0 Å². The molecule has 0 bridgehead atoms. The van der Waals surface area contributed by atoms with Gasteiger partial charge in [-0.2, -0.15) is 0 Å². The molecule has 0 aliphatic carbocycles. The summed E-state index contributed by atoms with van der Waals surface area (Å²) >= 11 is 0. The predicted octanol–water partition coefficient (Wildman–Crippen LogP) is 3.50. The van der Waals surface area contributed by atoms with Gasteiger partial charge in [-0.25, -0.2) is 4.79 Å². The Morgan fingerprint density at radius 1 is 1.07 bits per heavy atom. The number of hydrogen-bond acceptors (Lipinski definition) is 3. The number of amides is 2.